The van der Waals surface area contributed by atoms with Crippen LogP contribution in [0.1, 0.15) is 112 Å². The molecular formula is C56H66ClF2N11O. The number of benzene rings is 3. The van der Waals surface area contributed by atoms with Crippen LogP contribution in [0.15, 0.2) is 67.0 Å². The molecule has 5 aromatic rings. The molecule has 4 saturated heterocycles. The topological polar surface area (TPSA) is 95.9 Å². The summed E-state index contributed by atoms with van der Waals surface area (Å²) in [6, 6.07) is 21.9. The maximum Gasteiger partial charge on any atom is 0.264 e. The quantitative estimate of drug-likeness (QED) is 0.151. The maximum atomic E-state index is 14.8. The van der Waals surface area contributed by atoms with E-state index in [1.165, 1.54) is 62.0 Å². The summed E-state index contributed by atoms with van der Waals surface area (Å²) in [5, 5.41) is 19.5. The number of carbonyl (C=O) groups excluding carboxylic acids is 1. The van der Waals surface area contributed by atoms with Gasteiger partial charge < -0.3 is 29.4 Å². The zero-order chi connectivity index (χ0) is 48.6. The third kappa shape index (κ3) is 8.62. The summed E-state index contributed by atoms with van der Waals surface area (Å²) in [5.41, 5.74) is 10.5. The van der Waals surface area contributed by atoms with Crippen LogP contribution in [0.3, 0.4) is 0 Å². The van der Waals surface area contributed by atoms with Gasteiger partial charge in [-0.1, -0.05) is 11.6 Å². The van der Waals surface area contributed by atoms with Crippen molar-refractivity contribution >= 4 is 46.1 Å². The molecule has 0 N–H and O–H groups in total. The van der Waals surface area contributed by atoms with E-state index in [0.717, 1.165) is 113 Å². The van der Waals surface area contributed by atoms with E-state index in [4.69, 9.17) is 16.7 Å². The van der Waals surface area contributed by atoms with Crippen molar-refractivity contribution in [2.75, 3.05) is 85.0 Å². The number of hydrogen-bond donors (Lipinski definition) is 0. The van der Waals surface area contributed by atoms with E-state index in [-0.39, 0.29) is 17.5 Å². The molecular weight excluding hydrogens is 916 g/mol. The van der Waals surface area contributed by atoms with Crippen LogP contribution in [0.25, 0.3) is 11.1 Å². The number of rotatable bonds is 8. The number of halogens is 3. The Labute approximate surface area is 421 Å². The van der Waals surface area contributed by atoms with E-state index < -0.39 is 6.43 Å². The number of anilines is 5. The Morgan fingerprint density at radius 1 is 0.789 bits per heavy atom. The largest absolute Gasteiger partial charge is 0.371 e. The predicted molar refractivity (Wildman–Crippen MR) is 276 cm³/mol. The maximum absolute atomic E-state index is 14.8. The lowest BCUT2D eigenvalue weighted by atomic mass is 9.67. The third-order valence-corrected chi connectivity index (χ3v) is 18.4. The molecule has 3 aromatic carbocycles. The standard InChI is InChI=1S/C56H66ClF2N11O/c1-38(71)66-24-15-51-49(34-66)54(69-21-3-4-39-28-47(41-32-61-63(2)33-41)48(53(58)59)30-52(39)69)62-70(51)45-13-22-64(23-14-45)44-11-16-56(17-12-44)36-68(37-56)43-9-7-42(8-10-43)65-25-18-55(19-26-65)20-27-67(35-55)46-6-5-40(31-60)50(57)29-46/h5-10,28-30,32-33,44-45,53H,3-4,11-27,34-37H2,1-2H3. The fourth-order valence-corrected chi connectivity index (χ4v) is 14.1. The van der Waals surface area contributed by atoms with Crippen LogP contribution in [0, 0.1) is 22.2 Å². The van der Waals surface area contributed by atoms with Gasteiger partial charge in [0.2, 0.25) is 5.91 Å². The van der Waals surface area contributed by atoms with E-state index in [1.54, 1.807) is 37.1 Å². The molecule has 0 radical (unpaired) electrons. The molecule has 0 bridgehead atoms. The summed E-state index contributed by atoms with van der Waals surface area (Å²) in [4.78, 5) is 27.2. The minimum atomic E-state index is -2.64. The van der Waals surface area contributed by atoms with Crippen LogP contribution in [0.4, 0.5) is 37.3 Å². The van der Waals surface area contributed by atoms with Gasteiger partial charge in [-0.25, -0.2) is 8.78 Å². The number of fused-ring (bicyclic) bond motifs is 2. The summed E-state index contributed by atoms with van der Waals surface area (Å²) in [7, 11) is 1.81. The first-order chi connectivity index (χ1) is 34.4. The average molecular weight is 983 g/mol. The number of piperidine rings is 2. The van der Waals surface area contributed by atoms with Gasteiger partial charge in [-0.05, 0) is 142 Å². The summed E-state index contributed by atoms with van der Waals surface area (Å²) in [5.74, 6) is 0.877. The van der Waals surface area contributed by atoms with E-state index in [2.05, 4.69) is 64.6 Å². The first-order valence-corrected chi connectivity index (χ1v) is 26.7. The van der Waals surface area contributed by atoms with Crippen LogP contribution in [0.2, 0.25) is 5.02 Å². The van der Waals surface area contributed by atoms with Crippen LogP contribution in [0.5, 0.6) is 0 Å². The number of nitriles is 1. The molecule has 372 valence electrons. The number of amides is 1. The van der Waals surface area contributed by atoms with E-state index in [9.17, 15) is 18.8 Å². The second kappa shape index (κ2) is 18.4. The van der Waals surface area contributed by atoms with Crippen LogP contribution in [-0.4, -0.2) is 107 Å². The smallest absolute Gasteiger partial charge is 0.264 e. The van der Waals surface area contributed by atoms with Crippen molar-refractivity contribution in [3.05, 3.63) is 100.0 Å². The zero-order valence-electron chi connectivity index (χ0n) is 41.3. The lowest BCUT2D eigenvalue weighted by molar-refractivity contribution is -0.129. The second-order valence-electron chi connectivity index (χ2n) is 22.2. The van der Waals surface area contributed by atoms with Gasteiger partial charge in [0.1, 0.15) is 6.07 Å². The molecule has 15 heteroatoms. The van der Waals surface area contributed by atoms with Gasteiger partial charge in [0, 0.05) is 149 Å². The first kappa shape index (κ1) is 46.4. The molecule has 5 fully saturated rings. The van der Waals surface area contributed by atoms with Crippen LogP contribution < -0.4 is 19.6 Å². The van der Waals surface area contributed by atoms with E-state index in [1.807, 2.05) is 29.2 Å². The molecule has 0 unspecified atom stereocenters. The van der Waals surface area contributed by atoms with E-state index >= 15 is 0 Å². The van der Waals surface area contributed by atoms with Gasteiger partial charge in [0.05, 0.1) is 29.4 Å². The van der Waals surface area contributed by atoms with Crippen molar-refractivity contribution in [3.63, 3.8) is 0 Å². The van der Waals surface area contributed by atoms with Crippen molar-refractivity contribution in [1.29, 1.82) is 5.26 Å². The molecule has 71 heavy (non-hydrogen) atoms. The molecule has 1 aliphatic carbocycles. The van der Waals surface area contributed by atoms with Gasteiger partial charge in [0.25, 0.3) is 6.43 Å². The predicted octanol–water partition coefficient (Wildman–Crippen LogP) is 10.3. The van der Waals surface area contributed by atoms with Gasteiger partial charge in [0.15, 0.2) is 5.82 Å². The Hall–Kier alpha value is -5.65. The zero-order valence-corrected chi connectivity index (χ0v) is 42.1. The molecule has 0 atom stereocenters. The molecule has 6 aliphatic heterocycles. The molecule has 1 amide bonds. The number of likely N-dealkylation sites (tertiary alicyclic amines) is 1. The highest BCUT2D eigenvalue weighted by molar-refractivity contribution is 6.32. The van der Waals surface area contributed by atoms with Gasteiger partial charge in [-0.15, -0.1) is 0 Å². The SMILES string of the molecule is CC(=O)N1CCc2c(c(N3CCCc4cc(-c5cnn(C)c5)c(C(F)F)cc43)nn2C2CCN(C3CCC4(CC3)CN(c3ccc(N5CCC6(CC5)CCN(c5ccc(C#N)c(Cl)c5)C6)cc3)C4)CC2)C1. The summed E-state index contributed by atoms with van der Waals surface area (Å²) >= 11 is 6.39. The number of alkyl halides is 2. The van der Waals surface area contributed by atoms with Gasteiger partial charge >= 0.3 is 0 Å². The molecule has 1 saturated carbocycles. The van der Waals surface area contributed by atoms with Crippen molar-refractivity contribution in [3.8, 4) is 17.2 Å². The summed E-state index contributed by atoms with van der Waals surface area (Å²) < 4.78 is 33.6. The van der Waals surface area contributed by atoms with Crippen molar-refractivity contribution in [1.82, 2.24) is 29.4 Å². The summed E-state index contributed by atoms with van der Waals surface area (Å²) in [6.07, 6.45) is 14.0. The lowest BCUT2D eigenvalue weighted by Gasteiger charge is -2.55. The monoisotopic (exact) mass is 982 g/mol. The molecule has 8 heterocycles. The number of nitrogens with zero attached hydrogens (tertiary/aromatic N) is 11. The molecule has 7 aliphatic rings. The molecule has 12 rings (SSSR count). The average Bonchev–Trinajstić information content (AvgIpc) is 4.12. The second-order valence-corrected chi connectivity index (χ2v) is 22.6. The molecule has 2 spiro atoms. The fourth-order valence-electron chi connectivity index (χ4n) is 13.9. The normalized spacial score (nSPS) is 21.5. The highest BCUT2D eigenvalue weighted by Gasteiger charge is 2.47. The third-order valence-electron chi connectivity index (χ3n) is 18.1. The number of aryl methyl sites for hydroxylation is 2. The Balaban J connectivity index is 0.651. The highest BCUT2D eigenvalue weighted by Crippen LogP contribution is 2.49. The minimum Gasteiger partial charge on any atom is -0.371 e. The fraction of sp³-hybridized carbons (Fsp3) is 0.536. The van der Waals surface area contributed by atoms with Crippen molar-refractivity contribution in [2.45, 2.75) is 109 Å². The Morgan fingerprint density at radius 3 is 2.14 bits per heavy atom. The first-order valence-electron chi connectivity index (χ1n) is 26.3. The van der Waals surface area contributed by atoms with Crippen molar-refractivity contribution in [2.24, 2.45) is 17.9 Å². The van der Waals surface area contributed by atoms with Gasteiger partial charge in [-0.3, -0.25) is 14.2 Å². The Bertz CT molecular complexity index is 2840. The molecule has 2 aromatic heterocycles. The lowest BCUT2D eigenvalue weighted by Crippen LogP contribution is -2.59. The van der Waals surface area contributed by atoms with Crippen LogP contribution in [-0.2, 0) is 31.2 Å². The highest BCUT2D eigenvalue weighted by atomic mass is 35.5. The minimum absolute atomic E-state index is 0.0114. The Kier molecular flexibility index (Phi) is 12.1. The summed E-state index contributed by atoms with van der Waals surface area (Å²) in [6.45, 7) is 12.1. The number of hydrogen-bond acceptors (Lipinski definition) is 9. The van der Waals surface area contributed by atoms with Crippen LogP contribution >= 0.6 is 11.6 Å². The number of aromatic nitrogens is 4. The Morgan fingerprint density at radius 2 is 1.48 bits per heavy atom. The van der Waals surface area contributed by atoms with Crippen molar-refractivity contribution < 1.29 is 13.6 Å². The number of carbonyl (C=O) groups is 1. The van der Waals surface area contributed by atoms with Gasteiger partial charge in [-0.2, -0.15) is 15.5 Å². The molecule has 12 nitrogen and oxygen atoms in total. The van der Waals surface area contributed by atoms with E-state index in [0.29, 0.717) is 58.2 Å².